The zero-order valence-corrected chi connectivity index (χ0v) is 17.4. The van der Waals surface area contributed by atoms with E-state index in [1.165, 1.54) is 10.6 Å². The van der Waals surface area contributed by atoms with E-state index in [0.29, 0.717) is 0 Å². The summed E-state index contributed by atoms with van der Waals surface area (Å²) in [4.78, 5) is 0. The minimum absolute atomic E-state index is 0. The van der Waals surface area contributed by atoms with Crippen molar-refractivity contribution in [3.63, 3.8) is 0 Å². The van der Waals surface area contributed by atoms with Gasteiger partial charge in [-0.2, -0.15) is 13.2 Å². The summed E-state index contributed by atoms with van der Waals surface area (Å²) >= 11 is 7.56. The first-order valence-electron chi connectivity index (χ1n) is 5.12. The maximum atomic E-state index is 3.78. The predicted octanol–water partition coefficient (Wildman–Crippen LogP) is 5.34. The number of rotatable bonds is 4. The quantitative estimate of drug-likeness (QED) is 0.412. The van der Waals surface area contributed by atoms with Gasteiger partial charge < -0.3 is 0 Å². The van der Waals surface area contributed by atoms with E-state index in [2.05, 4.69) is 85.4 Å². The first-order valence-corrected chi connectivity index (χ1v) is 12.0. The van der Waals surface area contributed by atoms with Gasteiger partial charge in [-0.3, -0.25) is 0 Å². The summed E-state index contributed by atoms with van der Waals surface area (Å²) in [7, 11) is 0. The molecule has 0 saturated carbocycles. The van der Waals surface area contributed by atoms with Gasteiger partial charge in [-0.25, -0.2) is 5.90 Å². The molecule has 0 nitrogen and oxygen atoms in total. The largest absolute Gasteiger partial charge is 0.246 e. The second-order valence-corrected chi connectivity index (χ2v) is 11.2. The van der Waals surface area contributed by atoms with E-state index in [4.69, 9.17) is 0 Å². The molecule has 0 spiro atoms. The van der Waals surface area contributed by atoms with Crippen LogP contribution < -0.4 is 10.6 Å². The van der Waals surface area contributed by atoms with Crippen LogP contribution in [0.1, 0.15) is 0 Å². The van der Waals surface area contributed by atoms with Crippen molar-refractivity contribution < 1.29 is 32.7 Å². The van der Waals surface area contributed by atoms with Crippen LogP contribution in [0.15, 0.2) is 60.7 Å². The van der Waals surface area contributed by atoms with Crippen LogP contribution in [0.4, 0.5) is 0 Å². The Labute approximate surface area is 152 Å². The summed E-state index contributed by atoms with van der Waals surface area (Å²) in [5.74, 6) is 2.37. The van der Waals surface area contributed by atoms with Crippen LogP contribution in [-0.4, -0.2) is 0 Å². The Kier molecular flexibility index (Phi) is 9.02. The van der Waals surface area contributed by atoms with Gasteiger partial charge in [-0.15, -0.1) is 0 Å². The maximum absolute atomic E-state index is 3.78. The third-order valence-electron chi connectivity index (χ3n) is 2.21. The molecule has 0 aromatic heterocycles. The van der Waals surface area contributed by atoms with Gasteiger partial charge in [0.25, 0.3) is 0 Å². The molecule has 0 aliphatic carbocycles. The molecule has 0 fully saturated rings. The first-order chi connectivity index (χ1) is 8.27. The molecule has 0 aliphatic rings. The topological polar surface area (TPSA) is 0 Å². The maximum Gasteiger partial charge on any atom is 0 e. The van der Waals surface area contributed by atoms with Crippen molar-refractivity contribution in [2.75, 3.05) is 0 Å². The molecule has 0 aliphatic heterocycles. The number of hydrogen-bond acceptors (Lipinski definition) is 0. The zero-order chi connectivity index (χ0) is 12.1. The molecule has 2 atom stereocenters. The smallest absolute Gasteiger partial charge is 0 e. The van der Waals surface area contributed by atoms with Gasteiger partial charge in [0.1, 0.15) is 0 Å². The molecule has 2 aromatic carbocycles. The minimum Gasteiger partial charge on any atom is -0.246 e. The summed E-state index contributed by atoms with van der Waals surface area (Å²) < 4.78 is 0. The van der Waals surface area contributed by atoms with Gasteiger partial charge in [0.05, 0.1) is 0 Å². The normalized spacial score (nSPS) is 13.4. The van der Waals surface area contributed by atoms with Crippen LogP contribution >= 0.6 is 44.2 Å². The van der Waals surface area contributed by atoms with Crippen molar-refractivity contribution in [3.05, 3.63) is 66.6 Å². The summed E-state index contributed by atoms with van der Waals surface area (Å²) in [6, 6.07) is 21.1. The van der Waals surface area contributed by atoms with Gasteiger partial charge in [0, 0.05) is 32.7 Å². The van der Waals surface area contributed by atoms with Gasteiger partial charge in [0.2, 0.25) is 0 Å². The minimum atomic E-state index is -0.369. The van der Waals surface area contributed by atoms with Crippen molar-refractivity contribution in [2.45, 2.75) is 0 Å². The molecule has 0 saturated heterocycles. The Balaban J connectivity index is 0.00000162. The molecule has 0 N–H and O–H groups in total. The van der Waals surface area contributed by atoms with E-state index in [0.717, 1.165) is 0 Å². The molecule has 2 unspecified atom stereocenters. The standard InChI is InChI=1S/C13H11Br2P2.Y/c14-16(12-7-3-1-4-8-12)11-17(15)13-9-5-2-6-10-13;/h1-11H;/q-1;. The summed E-state index contributed by atoms with van der Waals surface area (Å²) in [6.45, 7) is -0.739. The molecule has 2 rings (SSSR count). The third kappa shape index (κ3) is 5.39. The zero-order valence-electron chi connectivity index (χ0n) is 9.58. The average molecular weight is 478 g/mol. The second-order valence-electron chi connectivity index (χ2n) is 3.41. The van der Waals surface area contributed by atoms with Crippen molar-refractivity contribution >= 4 is 54.8 Å². The van der Waals surface area contributed by atoms with Gasteiger partial charge in [0.15, 0.2) is 0 Å². The van der Waals surface area contributed by atoms with Crippen molar-refractivity contribution in [2.24, 2.45) is 0 Å². The van der Waals surface area contributed by atoms with Crippen LogP contribution in [0.25, 0.3) is 0 Å². The molecule has 5 heteroatoms. The molecule has 18 heavy (non-hydrogen) atoms. The Bertz CT molecular complexity index is 410. The molecule has 0 heterocycles. The first kappa shape index (κ1) is 17.4. The van der Waals surface area contributed by atoms with E-state index in [-0.39, 0.29) is 46.0 Å². The molecular weight excluding hydrogens is 467 g/mol. The van der Waals surface area contributed by atoms with E-state index >= 15 is 0 Å². The second kappa shape index (κ2) is 9.33. The molecular formula is C13H11Br2P2Y-. The Morgan fingerprint density at radius 3 is 1.33 bits per heavy atom. The van der Waals surface area contributed by atoms with Crippen molar-refractivity contribution in [1.82, 2.24) is 0 Å². The van der Waals surface area contributed by atoms with E-state index in [9.17, 15) is 0 Å². The molecule has 91 valence electrons. The van der Waals surface area contributed by atoms with Crippen LogP contribution in [0.5, 0.6) is 0 Å². The van der Waals surface area contributed by atoms with Crippen LogP contribution in [0.2, 0.25) is 0 Å². The summed E-state index contributed by atoms with van der Waals surface area (Å²) in [5, 5.41) is 2.70. The summed E-state index contributed by atoms with van der Waals surface area (Å²) in [6.07, 6.45) is 0. The van der Waals surface area contributed by atoms with Crippen LogP contribution in [0, 0.1) is 5.90 Å². The SMILES string of the molecule is BrP([CH-]P(Br)c1ccccc1)c1ccccc1.[Y]. The average Bonchev–Trinajstić information content (AvgIpc) is 2.40. The fourth-order valence-electron chi connectivity index (χ4n) is 1.36. The van der Waals surface area contributed by atoms with Gasteiger partial charge in [-0.1, -0.05) is 91.6 Å². The Morgan fingerprint density at radius 1 is 0.667 bits per heavy atom. The number of halogens is 2. The van der Waals surface area contributed by atoms with E-state index in [1.807, 2.05) is 12.1 Å². The molecule has 0 amide bonds. The Morgan fingerprint density at radius 2 is 1.00 bits per heavy atom. The van der Waals surface area contributed by atoms with Crippen molar-refractivity contribution in [1.29, 1.82) is 0 Å². The molecule has 0 bridgehead atoms. The fourth-order valence-corrected chi connectivity index (χ4v) is 11.0. The predicted molar refractivity (Wildman–Crippen MR) is 88.1 cm³/mol. The van der Waals surface area contributed by atoms with E-state index in [1.54, 1.807) is 0 Å². The molecule has 1 radical (unpaired) electrons. The Hall–Kier alpha value is 1.36. The van der Waals surface area contributed by atoms with Gasteiger partial charge in [-0.05, 0) is 10.6 Å². The van der Waals surface area contributed by atoms with Crippen LogP contribution in [-0.2, 0) is 32.7 Å². The van der Waals surface area contributed by atoms with Gasteiger partial charge >= 0.3 is 0 Å². The van der Waals surface area contributed by atoms with E-state index < -0.39 is 0 Å². The third-order valence-corrected chi connectivity index (χ3v) is 11.2. The molecule has 2 aromatic rings. The monoisotopic (exact) mass is 476 g/mol. The number of benzene rings is 2. The number of hydrogen-bond donors (Lipinski definition) is 0. The van der Waals surface area contributed by atoms with Crippen LogP contribution in [0.3, 0.4) is 0 Å². The van der Waals surface area contributed by atoms with Crippen molar-refractivity contribution in [3.8, 4) is 0 Å². The fraction of sp³-hybridized carbons (Fsp3) is 0. The summed E-state index contributed by atoms with van der Waals surface area (Å²) in [5.41, 5.74) is 0.